The molecule has 2 aliphatic rings. The fourth-order valence-electron chi connectivity index (χ4n) is 3.23. The lowest BCUT2D eigenvalue weighted by Gasteiger charge is -2.44. The Labute approximate surface area is 95.6 Å². The SMILES string of the molecule is O=C(O)C1(C2CCCCC2O)CCOCC1. The summed E-state index contributed by atoms with van der Waals surface area (Å²) in [6.07, 6.45) is 4.30. The lowest BCUT2D eigenvalue weighted by Crippen LogP contribution is -2.48. The normalized spacial score (nSPS) is 34.6. The highest BCUT2D eigenvalue weighted by atomic mass is 16.5. The highest BCUT2D eigenvalue weighted by Crippen LogP contribution is 2.45. The lowest BCUT2D eigenvalue weighted by atomic mass is 9.63. The average Bonchev–Trinajstić information content (AvgIpc) is 2.30. The molecule has 1 heterocycles. The van der Waals surface area contributed by atoms with Crippen LogP contribution in [0.4, 0.5) is 0 Å². The molecule has 1 saturated carbocycles. The predicted molar refractivity (Wildman–Crippen MR) is 58.1 cm³/mol. The second-order valence-corrected chi connectivity index (χ2v) is 5.03. The van der Waals surface area contributed by atoms with Crippen molar-refractivity contribution in [1.82, 2.24) is 0 Å². The first-order valence-electron chi connectivity index (χ1n) is 6.16. The molecule has 4 nitrogen and oxygen atoms in total. The van der Waals surface area contributed by atoms with E-state index in [0.29, 0.717) is 26.1 Å². The van der Waals surface area contributed by atoms with Crippen LogP contribution in [0, 0.1) is 11.3 Å². The minimum atomic E-state index is -0.748. The van der Waals surface area contributed by atoms with Gasteiger partial charge in [-0.25, -0.2) is 0 Å². The summed E-state index contributed by atoms with van der Waals surface area (Å²) in [5, 5.41) is 19.5. The van der Waals surface area contributed by atoms with Crippen LogP contribution in [0.25, 0.3) is 0 Å². The van der Waals surface area contributed by atoms with Crippen LogP contribution in [0.15, 0.2) is 0 Å². The number of hydrogen-bond acceptors (Lipinski definition) is 3. The van der Waals surface area contributed by atoms with Crippen LogP contribution in [-0.4, -0.2) is 35.5 Å². The van der Waals surface area contributed by atoms with Crippen LogP contribution >= 0.6 is 0 Å². The molecule has 16 heavy (non-hydrogen) atoms. The molecule has 2 rings (SSSR count). The summed E-state index contributed by atoms with van der Waals surface area (Å²) < 4.78 is 5.26. The first kappa shape index (κ1) is 11.9. The Balaban J connectivity index is 2.19. The molecule has 1 saturated heterocycles. The maximum atomic E-state index is 11.6. The first-order chi connectivity index (χ1) is 7.67. The molecule has 1 aliphatic carbocycles. The number of aliphatic hydroxyl groups excluding tert-OH is 1. The van der Waals surface area contributed by atoms with Crippen molar-refractivity contribution in [2.24, 2.45) is 11.3 Å². The number of carboxylic acid groups (broad SMARTS) is 1. The van der Waals surface area contributed by atoms with Crippen molar-refractivity contribution in [3.8, 4) is 0 Å². The van der Waals surface area contributed by atoms with Crippen LogP contribution in [-0.2, 0) is 9.53 Å². The van der Waals surface area contributed by atoms with E-state index in [1.165, 1.54) is 0 Å². The molecule has 2 unspecified atom stereocenters. The maximum Gasteiger partial charge on any atom is 0.310 e. The van der Waals surface area contributed by atoms with Crippen molar-refractivity contribution < 1.29 is 19.7 Å². The summed E-state index contributed by atoms with van der Waals surface area (Å²) in [6.45, 7) is 1.02. The summed E-state index contributed by atoms with van der Waals surface area (Å²) >= 11 is 0. The van der Waals surface area contributed by atoms with Gasteiger partial charge in [0.25, 0.3) is 0 Å². The number of aliphatic hydroxyl groups is 1. The third-order valence-corrected chi connectivity index (χ3v) is 4.25. The molecule has 0 aromatic carbocycles. The molecule has 0 spiro atoms. The van der Waals surface area contributed by atoms with E-state index < -0.39 is 17.5 Å². The molecule has 92 valence electrons. The van der Waals surface area contributed by atoms with Gasteiger partial charge in [0.2, 0.25) is 0 Å². The standard InChI is InChI=1S/C12H20O4/c13-10-4-2-1-3-9(10)12(11(14)15)5-7-16-8-6-12/h9-10,13H,1-8H2,(H,14,15). The van der Waals surface area contributed by atoms with Gasteiger partial charge in [0, 0.05) is 19.1 Å². The highest BCUT2D eigenvalue weighted by Gasteiger charge is 2.49. The molecule has 1 aliphatic heterocycles. The quantitative estimate of drug-likeness (QED) is 0.750. The van der Waals surface area contributed by atoms with E-state index in [2.05, 4.69) is 0 Å². The Bertz CT molecular complexity index is 258. The predicted octanol–water partition coefficient (Wildman–Crippen LogP) is 1.42. The molecule has 0 bridgehead atoms. The fourth-order valence-corrected chi connectivity index (χ4v) is 3.23. The van der Waals surface area contributed by atoms with Crippen molar-refractivity contribution in [2.75, 3.05) is 13.2 Å². The Morgan fingerprint density at radius 3 is 2.38 bits per heavy atom. The second-order valence-electron chi connectivity index (χ2n) is 5.03. The van der Waals surface area contributed by atoms with E-state index in [9.17, 15) is 15.0 Å². The number of carbonyl (C=O) groups is 1. The van der Waals surface area contributed by atoms with Crippen molar-refractivity contribution in [3.05, 3.63) is 0 Å². The molecule has 0 aromatic rings. The van der Waals surface area contributed by atoms with Gasteiger partial charge in [-0.1, -0.05) is 12.8 Å². The van der Waals surface area contributed by atoms with Crippen molar-refractivity contribution in [1.29, 1.82) is 0 Å². The number of ether oxygens (including phenoxy) is 1. The monoisotopic (exact) mass is 228 g/mol. The zero-order valence-corrected chi connectivity index (χ0v) is 9.52. The van der Waals surface area contributed by atoms with Crippen LogP contribution in [0.1, 0.15) is 38.5 Å². The third kappa shape index (κ3) is 1.96. The number of carboxylic acids is 1. The summed E-state index contributed by atoms with van der Waals surface area (Å²) in [5.74, 6) is -0.829. The van der Waals surface area contributed by atoms with Gasteiger partial charge >= 0.3 is 5.97 Å². The average molecular weight is 228 g/mol. The summed E-state index contributed by atoms with van der Waals surface area (Å²) in [6, 6.07) is 0. The Morgan fingerprint density at radius 1 is 1.19 bits per heavy atom. The van der Waals surface area contributed by atoms with Gasteiger partial charge in [-0.15, -0.1) is 0 Å². The van der Waals surface area contributed by atoms with E-state index >= 15 is 0 Å². The van der Waals surface area contributed by atoms with Gasteiger partial charge in [0.1, 0.15) is 0 Å². The van der Waals surface area contributed by atoms with Crippen molar-refractivity contribution >= 4 is 5.97 Å². The zero-order valence-electron chi connectivity index (χ0n) is 9.52. The smallest absolute Gasteiger partial charge is 0.310 e. The molecule has 2 atom stereocenters. The molecular formula is C12H20O4. The van der Waals surface area contributed by atoms with Crippen molar-refractivity contribution in [3.63, 3.8) is 0 Å². The molecule has 2 N–H and O–H groups in total. The summed E-state index contributed by atoms with van der Waals surface area (Å²) in [7, 11) is 0. The van der Waals surface area contributed by atoms with Gasteiger partial charge in [-0.2, -0.15) is 0 Å². The van der Waals surface area contributed by atoms with E-state index in [1.807, 2.05) is 0 Å². The van der Waals surface area contributed by atoms with Gasteiger partial charge in [-0.05, 0) is 25.7 Å². The van der Waals surface area contributed by atoms with E-state index in [0.717, 1.165) is 25.7 Å². The van der Waals surface area contributed by atoms with Gasteiger partial charge in [0.15, 0.2) is 0 Å². The minimum absolute atomic E-state index is 0.0809. The van der Waals surface area contributed by atoms with Gasteiger partial charge < -0.3 is 14.9 Å². The second kappa shape index (κ2) is 4.72. The fraction of sp³-hybridized carbons (Fsp3) is 0.917. The van der Waals surface area contributed by atoms with Gasteiger partial charge in [0.05, 0.1) is 11.5 Å². The number of aliphatic carboxylic acids is 1. The Kier molecular flexibility index (Phi) is 3.50. The third-order valence-electron chi connectivity index (χ3n) is 4.25. The largest absolute Gasteiger partial charge is 0.481 e. The number of hydrogen-bond donors (Lipinski definition) is 2. The Morgan fingerprint density at radius 2 is 1.81 bits per heavy atom. The van der Waals surface area contributed by atoms with Crippen LogP contribution in [0.2, 0.25) is 0 Å². The topological polar surface area (TPSA) is 66.8 Å². The lowest BCUT2D eigenvalue weighted by molar-refractivity contribution is -0.167. The molecule has 0 aromatic heterocycles. The summed E-state index contributed by atoms with van der Waals surface area (Å²) in [4.78, 5) is 11.6. The van der Waals surface area contributed by atoms with Crippen molar-refractivity contribution in [2.45, 2.75) is 44.6 Å². The molecule has 0 amide bonds. The van der Waals surface area contributed by atoms with E-state index in [1.54, 1.807) is 0 Å². The van der Waals surface area contributed by atoms with Gasteiger partial charge in [-0.3, -0.25) is 4.79 Å². The Hall–Kier alpha value is -0.610. The van der Waals surface area contributed by atoms with Crippen LogP contribution < -0.4 is 0 Å². The van der Waals surface area contributed by atoms with Crippen LogP contribution in [0.5, 0.6) is 0 Å². The molecular weight excluding hydrogens is 208 g/mol. The zero-order chi connectivity index (χ0) is 11.6. The van der Waals surface area contributed by atoms with E-state index in [4.69, 9.17) is 4.74 Å². The minimum Gasteiger partial charge on any atom is -0.481 e. The van der Waals surface area contributed by atoms with Crippen LogP contribution in [0.3, 0.4) is 0 Å². The number of rotatable bonds is 2. The molecule has 0 radical (unpaired) electrons. The maximum absolute atomic E-state index is 11.6. The molecule has 4 heteroatoms. The summed E-state index contributed by atoms with van der Waals surface area (Å²) in [5.41, 5.74) is -0.738. The molecule has 2 fully saturated rings. The highest BCUT2D eigenvalue weighted by molar-refractivity contribution is 5.75. The van der Waals surface area contributed by atoms with E-state index in [-0.39, 0.29) is 5.92 Å². The first-order valence-corrected chi connectivity index (χ1v) is 6.16.